The first-order valence-electron chi connectivity index (χ1n) is 5.59. The van der Waals surface area contributed by atoms with Gasteiger partial charge in [-0.15, -0.1) is 0 Å². The topological polar surface area (TPSA) is 64.1 Å². The highest BCUT2D eigenvalue weighted by Gasteiger charge is 2.05. The highest BCUT2D eigenvalue weighted by atomic mass is 16.5. The molecule has 1 N–H and O–H groups in total. The summed E-state index contributed by atoms with van der Waals surface area (Å²) in [5, 5.41) is 3.12. The summed E-state index contributed by atoms with van der Waals surface area (Å²) in [7, 11) is 0. The second-order valence-electron chi connectivity index (χ2n) is 3.55. The Bertz CT molecular complexity index is 512. The number of nitrogens with one attached hydrogen (secondary N) is 1. The van der Waals surface area contributed by atoms with Crippen molar-refractivity contribution in [2.75, 3.05) is 11.9 Å². The maximum atomic E-state index is 11.5. The van der Waals surface area contributed by atoms with Gasteiger partial charge in [-0.2, -0.15) is 0 Å². The van der Waals surface area contributed by atoms with Crippen LogP contribution in [0, 0.1) is 0 Å². The van der Waals surface area contributed by atoms with Gasteiger partial charge in [-0.1, -0.05) is 0 Å². The molecule has 0 aliphatic heterocycles. The minimum Gasteiger partial charge on any atom is -0.462 e. The van der Waals surface area contributed by atoms with Gasteiger partial charge in [0.25, 0.3) is 0 Å². The molecular weight excluding hydrogens is 230 g/mol. The Kier molecular flexibility index (Phi) is 3.86. The van der Waals surface area contributed by atoms with Gasteiger partial charge in [-0.25, -0.2) is 14.8 Å². The van der Waals surface area contributed by atoms with Gasteiger partial charge in [0.05, 0.1) is 30.3 Å². The van der Waals surface area contributed by atoms with E-state index in [1.165, 1.54) is 6.33 Å². The van der Waals surface area contributed by atoms with Crippen molar-refractivity contribution < 1.29 is 9.53 Å². The monoisotopic (exact) mass is 243 g/mol. The number of carbonyl (C=O) groups is 1. The standard InChI is InChI=1S/C13H13N3O2/c1-2-18-13(17)10-3-5-11(6-4-10)16-12-7-14-9-15-8-12/h3-9,16H,2H2,1H3. The van der Waals surface area contributed by atoms with Crippen molar-refractivity contribution >= 4 is 17.3 Å². The van der Waals surface area contributed by atoms with Crippen molar-refractivity contribution in [3.8, 4) is 0 Å². The van der Waals surface area contributed by atoms with Crippen LogP contribution in [0.4, 0.5) is 11.4 Å². The minimum atomic E-state index is -0.313. The SMILES string of the molecule is CCOC(=O)c1ccc(Nc2cncnc2)cc1. The van der Waals surface area contributed by atoms with Crippen LogP contribution in [0.25, 0.3) is 0 Å². The Hall–Kier alpha value is -2.43. The summed E-state index contributed by atoms with van der Waals surface area (Å²) in [5.74, 6) is -0.313. The van der Waals surface area contributed by atoms with E-state index in [1.807, 2.05) is 0 Å². The quantitative estimate of drug-likeness (QED) is 0.835. The molecule has 1 aromatic carbocycles. The number of anilines is 2. The summed E-state index contributed by atoms with van der Waals surface area (Å²) >= 11 is 0. The van der Waals surface area contributed by atoms with Crippen LogP contribution < -0.4 is 5.32 Å². The van der Waals surface area contributed by atoms with Gasteiger partial charge < -0.3 is 10.1 Å². The van der Waals surface area contributed by atoms with Gasteiger partial charge in [-0.05, 0) is 31.2 Å². The fourth-order valence-corrected chi connectivity index (χ4v) is 1.43. The Morgan fingerprint density at radius 2 is 1.83 bits per heavy atom. The van der Waals surface area contributed by atoms with E-state index in [2.05, 4.69) is 15.3 Å². The van der Waals surface area contributed by atoms with Crippen LogP contribution >= 0.6 is 0 Å². The number of carbonyl (C=O) groups excluding carboxylic acids is 1. The molecule has 1 heterocycles. The zero-order chi connectivity index (χ0) is 12.8. The smallest absolute Gasteiger partial charge is 0.338 e. The average molecular weight is 243 g/mol. The highest BCUT2D eigenvalue weighted by Crippen LogP contribution is 2.15. The van der Waals surface area contributed by atoms with E-state index >= 15 is 0 Å². The zero-order valence-electron chi connectivity index (χ0n) is 9.96. The predicted molar refractivity (Wildman–Crippen MR) is 67.7 cm³/mol. The number of benzene rings is 1. The third-order valence-electron chi connectivity index (χ3n) is 2.25. The van der Waals surface area contributed by atoms with Crippen molar-refractivity contribution in [2.45, 2.75) is 6.92 Å². The molecule has 5 nitrogen and oxygen atoms in total. The lowest BCUT2D eigenvalue weighted by Gasteiger charge is -2.06. The molecule has 0 amide bonds. The number of rotatable bonds is 4. The summed E-state index contributed by atoms with van der Waals surface area (Å²) in [5.41, 5.74) is 2.19. The normalized spacial score (nSPS) is 9.83. The second-order valence-corrected chi connectivity index (χ2v) is 3.55. The van der Waals surface area contributed by atoms with E-state index in [4.69, 9.17) is 4.74 Å². The average Bonchev–Trinajstić information content (AvgIpc) is 2.41. The van der Waals surface area contributed by atoms with Crippen molar-refractivity contribution in [1.82, 2.24) is 9.97 Å². The summed E-state index contributed by atoms with van der Waals surface area (Å²) in [6.45, 7) is 2.16. The molecule has 0 saturated carbocycles. The van der Waals surface area contributed by atoms with E-state index in [-0.39, 0.29) is 5.97 Å². The molecule has 92 valence electrons. The van der Waals surface area contributed by atoms with Gasteiger partial charge >= 0.3 is 5.97 Å². The number of aromatic nitrogens is 2. The van der Waals surface area contributed by atoms with Gasteiger partial charge in [0.1, 0.15) is 6.33 Å². The summed E-state index contributed by atoms with van der Waals surface area (Å²) < 4.78 is 4.91. The van der Waals surface area contributed by atoms with Gasteiger partial charge in [0.15, 0.2) is 0 Å². The van der Waals surface area contributed by atoms with Crippen molar-refractivity contribution in [3.63, 3.8) is 0 Å². The number of hydrogen-bond acceptors (Lipinski definition) is 5. The van der Waals surface area contributed by atoms with Crippen molar-refractivity contribution in [1.29, 1.82) is 0 Å². The van der Waals surface area contributed by atoms with E-state index in [9.17, 15) is 4.79 Å². The maximum absolute atomic E-state index is 11.5. The predicted octanol–water partition coefficient (Wildman–Crippen LogP) is 2.40. The van der Waals surface area contributed by atoms with Crippen LogP contribution in [0.15, 0.2) is 43.0 Å². The molecule has 0 bridgehead atoms. The maximum Gasteiger partial charge on any atom is 0.338 e. The van der Waals surface area contributed by atoms with Crippen molar-refractivity contribution in [3.05, 3.63) is 48.5 Å². The molecule has 0 aliphatic carbocycles. The van der Waals surface area contributed by atoms with E-state index in [1.54, 1.807) is 43.6 Å². The molecular formula is C13H13N3O2. The molecule has 5 heteroatoms. The first-order valence-corrected chi connectivity index (χ1v) is 5.59. The summed E-state index contributed by atoms with van der Waals surface area (Å²) in [4.78, 5) is 19.3. The first kappa shape index (κ1) is 12.0. The van der Waals surface area contributed by atoms with E-state index < -0.39 is 0 Å². The largest absolute Gasteiger partial charge is 0.462 e. The Morgan fingerprint density at radius 1 is 1.17 bits per heavy atom. The number of ether oxygens (including phenoxy) is 1. The van der Waals surface area contributed by atoms with E-state index in [0.717, 1.165) is 11.4 Å². The molecule has 0 aliphatic rings. The minimum absolute atomic E-state index is 0.313. The molecule has 0 spiro atoms. The fraction of sp³-hybridized carbons (Fsp3) is 0.154. The van der Waals surface area contributed by atoms with Crippen LogP contribution in [0.1, 0.15) is 17.3 Å². The number of hydrogen-bond donors (Lipinski definition) is 1. The lowest BCUT2D eigenvalue weighted by Crippen LogP contribution is -2.04. The molecule has 0 atom stereocenters. The third-order valence-corrected chi connectivity index (χ3v) is 2.25. The van der Waals surface area contributed by atoms with Gasteiger partial charge in [0.2, 0.25) is 0 Å². The lowest BCUT2D eigenvalue weighted by molar-refractivity contribution is 0.0526. The lowest BCUT2D eigenvalue weighted by atomic mass is 10.2. The van der Waals surface area contributed by atoms with Gasteiger partial charge in [0, 0.05) is 5.69 Å². The van der Waals surface area contributed by atoms with Crippen LogP contribution in [0.5, 0.6) is 0 Å². The Morgan fingerprint density at radius 3 is 2.44 bits per heavy atom. The molecule has 2 aromatic rings. The van der Waals surface area contributed by atoms with Crippen LogP contribution in [0.2, 0.25) is 0 Å². The third kappa shape index (κ3) is 3.04. The molecule has 18 heavy (non-hydrogen) atoms. The molecule has 0 radical (unpaired) electrons. The zero-order valence-corrected chi connectivity index (χ0v) is 9.96. The highest BCUT2D eigenvalue weighted by molar-refractivity contribution is 5.89. The van der Waals surface area contributed by atoms with Crippen molar-refractivity contribution in [2.24, 2.45) is 0 Å². The van der Waals surface area contributed by atoms with Gasteiger partial charge in [-0.3, -0.25) is 0 Å². The molecule has 1 aromatic heterocycles. The fourth-order valence-electron chi connectivity index (χ4n) is 1.43. The molecule has 0 saturated heterocycles. The first-order chi connectivity index (χ1) is 8.79. The van der Waals surface area contributed by atoms with Crippen LogP contribution in [-0.4, -0.2) is 22.5 Å². The molecule has 2 rings (SSSR count). The Labute approximate surface area is 105 Å². The Balaban J connectivity index is 2.06. The summed E-state index contributed by atoms with van der Waals surface area (Å²) in [6.07, 6.45) is 4.81. The molecule has 0 unspecified atom stereocenters. The number of nitrogens with zero attached hydrogens (tertiary/aromatic N) is 2. The summed E-state index contributed by atoms with van der Waals surface area (Å²) in [6, 6.07) is 7.03. The van der Waals surface area contributed by atoms with Crippen LogP contribution in [0.3, 0.4) is 0 Å². The second kappa shape index (κ2) is 5.77. The molecule has 0 fully saturated rings. The number of esters is 1. The van der Waals surface area contributed by atoms with E-state index in [0.29, 0.717) is 12.2 Å². The van der Waals surface area contributed by atoms with Crippen LogP contribution in [-0.2, 0) is 4.74 Å².